The summed E-state index contributed by atoms with van der Waals surface area (Å²) in [6.45, 7) is 3.95. The summed E-state index contributed by atoms with van der Waals surface area (Å²) < 4.78 is 33.3. The molecule has 0 spiro atoms. The Morgan fingerprint density at radius 2 is 2.06 bits per heavy atom. The average molecular weight is 486 g/mol. The summed E-state index contributed by atoms with van der Waals surface area (Å²) in [5.41, 5.74) is 2.54. The fraction of sp³-hybridized carbons (Fsp3) is 0.227. The van der Waals surface area contributed by atoms with Crippen molar-refractivity contribution in [2.24, 2.45) is 0 Å². The second-order valence-electron chi connectivity index (χ2n) is 7.30. The molecule has 0 saturated carbocycles. The predicted molar refractivity (Wildman–Crippen MR) is 130 cm³/mol. The van der Waals surface area contributed by atoms with Crippen LogP contribution >= 0.6 is 11.3 Å². The van der Waals surface area contributed by atoms with Crippen LogP contribution in [0.15, 0.2) is 48.0 Å². The van der Waals surface area contributed by atoms with Crippen LogP contribution in [0.4, 0.5) is 11.4 Å². The van der Waals surface area contributed by atoms with Gasteiger partial charge in [-0.1, -0.05) is 6.07 Å². The van der Waals surface area contributed by atoms with Crippen molar-refractivity contribution < 1.29 is 17.9 Å². The van der Waals surface area contributed by atoms with Gasteiger partial charge in [0.05, 0.1) is 42.2 Å². The maximum absolute atomic E-state index is 13.1. The summed E-state index contributed by atoms with van der Waals surface area (Å²) in [6.07, 6.45) is 1.65. The second-order valence-corrected chi connectivity index (χ2v) is 10.3. The largest absolute Gasteiger partial charge is 0.494 e. The Balaban J connectivity index is 1.62. The van der Waals surface area contributed by atoms with Crippen LogP contribution in [-0.4, -0.2) is 42.0 Å². The number of nitrogens with one attached hydrogen (secondary N) is 2. The number of hydrogen-bond acceptors (Lipinski definition) is 7. The third-order valence-electron chi connectivity index (χ3n) is 4.97. The van der Waals surface area contributed by atoms with E-state index in [1.165, 1.54) is 7.11 Å². The number of sulfonamides is 1. The molecule has 0 unspecified atom stereocenters. The van der Waals surface area contributed by atoms with E-state index in [0.29, 0.717) is 46.0 Å². The van der Waals surface area contributed by atoms with Crippen molar-refractivity contribution in [3.05, 3.63) is 64.1 Å². The number of rotatable bonds is 8. The number of anilines is 2. The van der Waals surface area contributed by atoms with Gasteiger partial charge in [-0.3, -0.25) is 9.52 Å². The number of benzene rings is 1. The number of pyridine rings is 1. The standard InChI is InChI=1S/C22H23N5O4S2/c1-4-33(29,30)26-19-8-7-15(11-20(19)31-3)25-22(28)17-10-14(2)24-21-18(17)12-23-27(21)13-16-6-5-9-32-16/h5-12,26H,4,13H2,1-3H3,(H,25,28). The Morgan fingerprint density at radius 1 is 1.24 bits per heavy atom. The van der Waals surface area contributed by atoms with Crippen LogP contribution in [-0.2, 0) is 16.6 Å². The predicted octanol–water partition coefficient (Wildman–Crippen LogP) is 3.87. The highest BCUT2D eigenvalue weighted by atomic mass is 32.2. The lowest BCUT2D eigenvalue weighted by molar-refractivity contribution is 0.102. The number of carbonyl (C=O) groups excluding carboxylic acids is 1. The number of methoxy groups -OCH3 is 1. The number of hydrogen-bond donors (Lipinski definition) is 2. The van der Waals surface area contributed by atoms with Gasteiger partial charge in [-0.05, 0) is 43.5 Å². The first-order valence-electron chi connectivity index (χ1n) is 10.1. The molecule has 11 heteroatoms. The van der Waals surface area contributed by atoms with Gasteiger partial charge in [0, 0.05) is 22.3 Å². The monoisotopic (exact) mass is 485 g/mol. The van der Waals surface area contributed by atoms with Gasteiger partial charge >= 0.3 is 0 Å². The van der Waals surface area contributed by atoms with Gasteiger partial charge in [0.2, 0.25) is 10.0 Å². The molecule has 0 aliphatic carbocycles. The summed E-state index contributed by atoms with van der Waals surface area (Å²) in [5, 5.41) is 9.94. The molecule has 1 amide bonds. The van der Waals surface area contributed by atoms with Crippen LogP contribution in [0.2, 0.25) is 0 Å². The van der Waals surface area contributed by atoms with E-state index in [2.05, 4.69) is 20.1 Å². The van der Waals surface area contributed by atoms with E-state index in [9.17, 15) is 13.2 Å². The Hall–Kier alpha value is -3.44. The zero-order valence-electron chi connectivity index (χ0n) is 18.3. The SMILES string of the molecule is CCS(=O)(=O)Nc1ccc(NC(=O)c2cc(C)nc3c2cnn3Cc2cccs2)cc1OC. The molecule has 0 bridgehead atoms. The molecule has 0 atom stereocenters. The Bertz CT molecular complexity index is 1410. The third kappa shape index (κ3) is 4.99. The highest BCUT2D eigenvalue weighted by Crippen LogP contribution is 2.29. The molecule has 0 saturated heterocycles. The van der Waals surface area contributed by atoms with Crippen molar-refractivity contribution in [3.8, 4) is 5.75 Å². The first-order chi connectivity index (χ1) is 15.8. The molecule has 2 N–H and O–H groups in total. The molecule has 0 fully saturated rings. The minimum absolute atomic E-state index is 0.0633. The summed E-state index contributed by atoms with van der Waals surface area (Å²) in [5.74, 6) is -0.0959. The smallest absolute Gasteiger partial charge is 0.256 e. The van der Waals surface area contributed by atoms with E-state index in [-0.39, 0.29) is 11.7 Å². The van der Waals surface area contributed by atoms with E-state index >= 15 is 0 Å². The van der Waals surface area contributed by atoms with Crippen LogP contribution < -0.4 is 14.8 Å². The van der Waals surface area contributed by atoms with Crippen molar-refractivity contribution in [1.29, 1.82) is 0 Å². The van der Waals surface area contributed by atoms with Gasteiger partial charge in [-0.25, -0.2) is 18.1 Å². The lowest BCUT2D eigenvalue weighted by Gasteiger charge is -2.13. The molecule has 1 aromatic carbocycles. The molecule has 0 aliphatic rings. The quantitative estimate of drug-likeness (QED) is 0.391. The summed E-state index contributed by atoms with van der Waals surface area (Å²) in [4.78, 5) is 18.9. The number of amides is 1. The van der Waals surface area contributed by atoms with Crippen LogP contribution in [0.5, 0.6) is 5.75 Å². The number of fused-ring (bicyclic) bond motifs is 1. The van der Waals surface area contributed by atoms with Crippen molar-refractivity contribution in [2.45, 2.75) is 20.4 Å². The Morgan fingerprint density at radius 3 is 2.76 bits per heavy atom. The highest BCUT2D eigenvalue weighted by Gasteiger charge is 2.18. The number of aryl methyl sites for hydroxylation is 1. The maximum Gasteiger partial charge on any atom is 0.256 e. The summed E-state index contributed by atoms with van der Waals surface area (Å²) in [7, 11) is -2.03. The van der Waals surface area contributed by atoms with E-state index < -0.39 is 10.0 Å². The molecular formula is C22H23N5O4S2. The summed E-state index contributed by atoms with van der Waals surface area (Å²) in [6, 6.07) is 10.5. The van der Waals surface area contributed by atoms with Gasteiger partial charge < -0.3 is 10.1 Å². The lowest BCUT2D eigenvalue weighted by atomic mass is 10.1. The molecule has 3 heterocycles. The molecule has 9 nitrogen and oxygen atoms in total. The molecule has 4 rings (SSSR count). The topological polar surface area (TPSA) is 115 Å². The Kier molecular flexibility index (Phi) is 6.34. The number of carbonyl (C=O) groups is 1. The first-order valence-corrected chi connectivity index (χ1v) is 12.7. The molecule has 3 aromatic heterocycles. The number of aromatic nitrogens is 3. The van der Waals surface area contributed by atoms with Gasteiger partial charge in [0.15, 0.2) is 5.65 Å². The Labute approximate surface area is 195 Å². The van der Waals surface area contributed by atoms with Crippen LogP contribution in [0.1, 0.15) is 27.9 Å². The minimum Gasteiger partial charge on any atom is -0.494 e. The van der Waals surface area contributed by atoms with Crippen molar-refractivity contribution >= 4 is 49.7 Å². The lowest BCUT2D eigenvalue weighted by Crippen LogP contribution is -2.16. The van der Waals surface area contributed by atoms with E-state index in [1.54, 1.807) is 53.4 Å². The number of ether oxygens (including phenoxy) is 1. The summed E-state index contributed by atoms with van der Waals surface area (Å²) >= 11 is 1.63. The van der Waals surface area contributed by atoms with Gasteiger partial charge in [-0.2, -0.15) is 5.10 Å². The molecule has 0 aliphatic heterocycles. The zero-order valence-corrected chi connectivity index (χ0v) is 20.0. The van der Waals surface area contributed by atoms with Crippen LogP contribution in [0.25, 0.3) is 11.0 Å². The third-order valence-corrected chi connectivity index (χ3v) is 7.12. The minimum atomic E-state index is -3.46. The second kappa shape index (κ2) is 9.20. The molecule has 33 heavy (non-hydrogen) atoms. The molecule has 172 valence electrons. The molecular weight excluding hydrogens is 462 g/mol. The normalized spacial score (nSPS) is 11.5. The fourth-order valence-corrected chi connectivity index (χ4v) is 4.65. The first kappa shape index (κ1) is 22.7. The van der Waals surface area contributed by atoms with E-state index in [4.69, 9.17) is 4.74 Å². The van der Waals surface area contributed by atoms with Crippen LogP contribution in [0.3, 0.4) is 0 Å². The van der Waals surface area contributed by atoms with Crippen molar-refractivity contribution in [2.75, 3.05) is 22.9 Å². The fourth-order valence-electron chi connectivity index (χ4n) is 3.32. The number of thiophene rings is 1. The van der Waals surface area contributed by atoms with Crippen LogP contribution in [0, 0.1) is 6.92 Å². The van der Waals surface area contributed by atoms with E-state index in [0.717, 1.165) is 4.88 Å². The maximum atomic E-state index is 13.1. The number of nitrogens with zero attached hydrogens (tertiary/aromatic N) is 3. The van der Waals surface area contributed by atoms with Gasteiger partial charge in [0.25, 0.3) is 5.91 Å². The van der Waals surface area contributed by atoms with Crippen molar-refractivity contribution in [1.82, 2.24) is 14.8 Å². The highest BCUT2D eigenvalue weighted by molar-refractivity contribution is 7.92. The van der Waals surface area contributed by atoms with E-state index in [1.807, 2.05) is 24.4 Å². The molecule has 4 aromatic rings. The molecule has 0 radical (unpaired) electrons. The zero-order chi connectivity index (χ0) is 23.6. The van der Waals surface area contributed by atoms with Gasteiger partial charge in [0.1, 0.15) is 5.75 Å². The van der Waals surface area contributed by atoms with Gasteiger partial charge in [-0.15, -0.1) is 11.3 Å². The van der Waals surface area contributed by atoms with Crippen molar-refractivity contribution in [3.63, 3.8) is 0 Å². The average Bonchev–Trinajstić information content (AvgIpc) is 3.44.